The second kappa shape index (κ2) is 8.25. The lowest BCUT2D eigenvalue weighted by Crippen LogP contribution is -2.37. The number of amides is 1. The fraction of sp³-hybridized carbons (Fsp3) is 0.650. The van der Waals surface area contributed by atoms with E-state index < -0.39 is 0 Å². The topological polar surface area (TPSA) is 73.4 Å². The predicted molar refractivity (Wildman–Crippen MR) is 99.9 cm³/mol. The smallest absolute Gasteiger partial charge is 0.223 e. The van der Waals surface area contributed by atoms with Gasteiger partial charge in [0.25, 0.3) is 0 Å². The molecular weight excluding hydrogens is 344 g/mol. The number of ether oxygens (including phenoxy) is 1. The second-order valence-corrected chi connectivity index (χ2v) is 7.49. The molecule has 0 atom stereocenters. The van der Waals surface area contributed by atoms with Crippen molar-refractivity contribution >= 4 is 5.91 Å². The Morgan fingerprint density at radius 2 is 2.22 bits per heavy atom. The molecule has 1 amide bonds. The minimum Gasteiger partial charge on any atom is -0.451 e. The van der Waals surface area contributed by atoms with Crippen molar-refractivity contribution < 1.29 is 13.9 Å². The van der Waals surface area contributed by atoms with Gasteiger partial charge in [0, 0.05) is 43.8 Å². The molecule has 0 N–H and O–H groups in total. The lowest BCUT2D eigenvalue weighted by molar-refractivity contribution is -0.133. The van der Waals surface area contributed by atoms with Crippen LogP contribution in [0.4, 0.5) is 0 Å². The van der Waals surface area contributed by atoms with Crippen LogP contribution in [0.3, 0.4) is 0 Å². The third-order valence-electron chi connectivity index (χ3n) is 5.75. The van der Waals surface area contributed by atoms with Crippen molar-refractivity contribution in [3.63, 3.8) is 0 Å². The quantitative estimate of drug-likeness (QED) is 0.699. The monoisotopic (exact) mass is 372 g/mol. The molecule has 1 fully saturated rings. The number of rotatable bonds is 7. The number of oxazole rings is 1. The maximum absolute atomic E-state index is 12.8. The van der Waals surface area contributed by atoms with Gasteiger partial charge in [-0.1, -0.05) is 12.8 Å². The van der Waals surface area contributed by atoms with Gasteiger partial charge in [-0.05, 0) is 25.7 Å². The van der Waals surface area contributed by atoms with Crippen LogP contribution in [-0.2, 0) is 29.0 Å². The van der Waals surface area contributed by atoms with E-state index in [1.807, 2.05) is 16.5 Å². The summed E-state index contributed by atoms with van der Waals surface area (Å²) in [4.78, 5) is 19.1. The van der Waals surface area contributed by atoms with Crippen LogP contribution in [0.1, 0.15) is 50.3 Å². The van der Waals surface area contributed by atoms with E-state index in [9.17, 15) is 4.79 Å². The van der Waals surface area contributed by atoms with Crippen LogP contribution in [-0.4, -0.2) is 45.3 Å². The van der Waals surface area contributed by atoms with Crippen LogP contribution in [0.15, 0.2) is 17.1 Å². The first-order valence-electron chi connectivity index (χ1n) is 10.1. The SMILES string of the molecule is CCOCCn1nc(-c2cocn2)c2c1CCN(C(=O)CC1CCCC1)C2. The van der Waals surface area contributed by atoms with Crippen LogP contribution in [0.5, 0.6) is 0 Å². The lowest BCUT2D eigenvalue weighted by Gasteiger charge is -2.29. The number of nitrogens with zero attached hydrogens (tertiary/aromatic N) is 4. The first-order chi connectivity index (χ1) is 13.3. The van der Waals surface area contributed by atoms with Crippen molar-refractivity contribution in [1.29, 1.82) is 0 Å². The van der Waals surface area contributed by atoms with E-state index in [-0.39, 0.29) is 5.91 Å². The molecule has 1 saturated carbocycles. The molecule has 4 rings (SSSR count). The summed E-state index contributed by atoms with van der Waals surface area (Å²) < 4.78 is 12.7. The Balaban J connectivity index is 1.54. The first-order valence-corrected chi connectivity index (χ1v) is 10.1. The molecule has 0 radical (unpaired) electrons. The maximum atomic E-state index is 12.8. The zero-order valence-electron chi connectivity index (χ0n) is 16.0. The summed E-state index contributed by atoms with van der Waals surface area (Å²) in [6.45, 7) is 5.41. The van der Waals surface area contributed by atoms with Gasteiger partial charge in [0.2, 0.25) is 5.91 Å². The summed E-state index contributed by atoms with van der Waals surface area (Å²) >= 11 is 0. The summed E-state index contributed by atoms with van der Waals surface area (Å²) in [5, 5.41) is 4.78. The van der Waals surface area contributed by atoms with Gasteiger partial charge in [-0.3, -0.25) is 9.48 Å². The minimum absolute atomic E-state index is 0.278. The van der Waals surface area contributed by atoms with E-state index in [1.165, 1.54) is 37.8 Å². The van der Waals surface area contributed by atoms with Gasteiger partial charge in [0.05, 0.1) is 13.2 Å². The molecule has 0 bridgehead atoms. The van der Waals surface area contributed by atoms with Gasteiger partial charge in [-0.15, -0.1) is 0 Å². The van der Waals surface area contributed by atoms with E-state index in [4.69, 9.17) is 14.3 Å². The molecule has 7 nitrogen and oxygen atoms in total. The third kappa shape index (κ3) is 3.93. The van der Waals surface area contributed by atoms with Crippen molar-refractivity contribution in [2.24, 2.45) is 5.92 Å². The van der Waals surface area contributed by atoms with Crippen LogP contribution >= 0.6 is 0 Å². The molecule has 2 aliphatic rings. The van der Waals surface area contributed by atoms with Crippen LogP contribution in [0.2, 0.25) is 0 Å². The fourth-order valence-electron chi connectivity index (χ4n) is 4.31. The molecule has 0 aromatic carbocycles. The number of hydrogen-bond donors (Lipinski definition) is 0. The molecule has 7 heteroatoms. The number of aromatic nitrogens is 3. The molecule has 0 spiro atoms. The maximum Gasteiger partial charge on any atom is 0.223 e. The van der Waals surface area contributed by atoms with Gasteiger partial charge in [-0.2, -0.15) is 5.10 Å². The standard InChI is InChI=1S/C20H28N4O3/c1-2-26-10-9-24-18-7-8-23(19(25)11-15-5-3-4-6-15)12-16(18)20(22-24)17-13-27-14-21-17/h13-15H,2-12H2,1H3. The molecular formula is C20H28N4O3. The van der Waals surface area contributed by atoms with Gasteiger partial charge < -0.3 is 14.1 Å². The number of carbonyl (C=O) groups is 1. The molecule has 1 aliphatic heterocycles. The first kappa shape index (κ1) is 18.2. The normalized spacial score (nSPS) is 17.4. The zero-order chi connectivity index (χ0) is 18.6. The number of hydrogen-bond acceptors (Lipinski definition) is 5. The van der Waals surface area contributed by atoms with Crippen molar-refractivity contribution in [3.05, 3.63) is 23.9 Å². The fourth-order valence-corrected chi connectivity index (χ4v) is 4.31. The Kier molecular flexibility index (Phi) is 5.57. The highest BCUT2D eigenvalue weighted by molar-refractivity contribution is 5.77. The zero-order valence-corrected chi connectivity index (χ0v) is 16.0. The molecule has 2 aromatic rings. The largest absolute Gasteiger partial charge is 0.451 e. The molecule has 0 unspecified atom stereocenters. The summed E-state index contributed by atoms with van der Waals surface area (Å²) in [5.74, 6) is 0.851. The van der Waals surface area contributed by atoms with Crippen molar-refractivity contribution in [2.75, 3.05) is 19.8 Å². The molecule has 0 saturated heterocycles. The summed E-state index contributed by atoms with van der Waals surface area (Å²) in [6.07, 6.45) is 9.49. The molecule has 27 heavy (non-hydrogen) atoms. The Morgan fingerprint density at radius 1 is 1.37 bits per heavy atom. The van der Waals surface area contributed by atoms with E-state index in [0.29, 0.717) is 38.6 Å². The second-order valence-electron chi connectivity index (χ2n) is 7.49. The average molecular weight is 372 g/mol. The molecule has 146 valence electrons. The summed E-state index contributed by atoms with van der Waals surface area (Å²) in [7, 11) is 0. The number of carbonyl (C=O) groups excluding carboxylic acids is 1. The van der Waals surface area contributed by atoms with E-state index in [0.717, 1.165) is 29.9 Å². The molecule has 3 heterocycles. The van der Waals surface area contributed by atoms with Crippen LogP contribution in [0, 0.1) is 5.92 Å². The van der Waals surface area contributed by atoms with Gasteiger partial charge in [-0.25, -0.2) is 4.98 Å². The minimum atomic E-state index is 0.278. The Labute approximate surface area is 159 Å². The van der Waals surface area contributed by atoms with Crippen LogP contribution < -0.4 is 0 Å². The van der Waals surface area contributed by atoms with Gasteiger partial charge in [0.1, 0.15) is 17.7 Å². The van der Waals surface area contributed by atoms with Crippen molar-refractivity contribution in [3.8, 4) is 11.4 Å². The third-order valence-corrected chi connectivity index (χ3v) is 5.75. The van der Waals surface area contributed by atoms with E-state index in [1.54, 1.807) is 6.26 Å². The number of fused-ring (bicyclic) bond motifs is 1. The van der Waals surface area contributed by atoms with E-state index >= 15 is 0 Å². The Hall–Kier alpha value is -2.15. The Bertz CT molecular complexity index is 763. The summed E-state index contributed by atoms with van der Waals surface area (Å²) in [6, 6.07) is 0. The average Bonchev–Trinajstić information content (AvgIpc) is 3.42. The lowest BCUT2D eigenvalue weighted by atomic mass is 10.00. The predicted octanol–water partition coefficient (Wildman–Crippen LogP) is 3.04. The van der Waals surface area contributed by atoms with Gasteiger partial charge >= 0.3 is 0 Å². The van der Waals surface area contributed by atoms with Crippen LogP contribution in [0.25, 0.3) is 11.4 Å². The highest BCUT2D eigenvalue weighted by Gasteiger charge is 2.30. The van der Waals surface area contributed by atoms with E-state index in [2.05, 4.69) is 4.98 Å². The molecule has 2 aromatic heterocycles. The van der Waals surface area contributed by atoms with Gasteiger partial charge in [0.15, 0.2) is 6.39 Å². The Morgan fingerprint density at radius 3 is 2.96 bits per heavy atom. The highest BCUT2D eigenvalue weighted by atomic mass is 16.5. The summed E-state index contributed by atoms with van der Waals surface area (Å²) in [5.41, 5.74) is 3.85. The highest BCUT2D eigenvalue weighted by Crippen LogP contribution is 2.32. The van der Waals surface area contributed by atoms with Crippen molar-refractivity contribution in [2.45, 2.75) is 58.5 Å². The van der Waals surface area contributed by atoms with Crippen molar-refractivity contribution in [1.82, 2.24) is 19.7 Å². The molecule has 1 aliphatic carbocycles.